The van der Waals surface area contributed by atoms with Crippen molar-refractivity contribution in [2.75, 3.05) is 12.1 Å². The van der Waals surface area contributed by atoms with Gasteiger partial charge in [-0.15, -0.1) is 11.3 Å². The molecule has 2 heterocycles. The van der Waals surface area contributed by atoms with E-state index < -0.39 is 0 Å². The molecule has 1 aliphatic rings. The first kappa shape index (κ1) is 22.5. The van der Waals surface area contributed by atoms with Crippen LogP contribution >= 0.6 is 11.3 Å². The zero-order valence-corrected chi connectivity index (χ0v) is 19.5. The summed E-state index contributed by atoms with van der Waals surface area (Å²) in [5.41, 5.74) is 3.03. The van der Waals surface area contributed by atoms with Crippen LogP contribution in [-0.2, 0) is 13.2 Å². The maximum atomic E-state index is 12.7. The maximum absolute atomic E-state index is 12.7. The number of anilines is 1. The molecule has 0 spiro atoms. The van der Waals surface area contributed by atoms with E-state index in [0.717, 1.165) is 11.1 Å². The van der Waals surface area contributed by atoms with Crippen LogP contribution < -0.4 is 24.8 Å². The Balaban J connectivity index is 1.14. The predicted octanol–water partition coefficient (Wildman–Crippen LogP) is 5.24. The lowest BCUT2D eigenvalue weighted by molar-refractivity contribution is 0.0953. The van der Waals surface area contributed by atoms with Crippen molar-refractivity contribution < 1.29 is 23.8 Å². The number of ether oxygens (including phenoxy) is 3. The average molecular weight is 487 g/mol. The number of amides is 2. The highest BCUT2D eigenvalue weighted by molar-refractivity contribution is 7.12. The molecular weight excluding hydrogens is 464 g/mol. The summed E-state index contributed by atoms with van der Waals surface area (Å²) in [6.07, 6.45) is 0. The van der Waals surface area contributed by atoms with Crippen molar-refractivity contribution in [3.63, 3.8) is 0 Å². The third-order valence-corrected chi connectivity index (χ3v) is 6.22. The average Bonchev–Trinajstić information content (AvgIpc) is 3.59. The van der Waals surface area contributed by atoms with E-state index in [9.17, 15) is 9.59 Å². The SMILES string of the molecule is O=C(Nc1cccc(COc2ccc3c(c2)OCO3)c1)c1ccc(CNC(=O)c2cccs2)cc1. The molecule has 5 rings (SSSR count). The maximum Gasteiger partial charge on any atom is 0.261 e. The van der Waals surface area contributed by atoms with Crippen molar-refractivity contribution in [2.45, 2.75) is 13.2 Å². The quantitative estimate of drug-likeness (QED) is 0.356. The van der Waals surface area contributed by atoms with E-state index in [2.05, 4.69) is 10.6 Å². The van der Waals surface area contributed by atoms with Crippen LogP contribution in [0.2, 0.25) is 0 Å². The van der Waals surface area contributed by atoms with Crippen LogP contribution in [0.3, 0.4) is 0 Å². The highest BCUT2D eigenvalue weighted by Gasteiger charge is 2.14. The highest BCUT2D eigenvalue weighted by Crippen LogP contribution is 2.35. The first-order valence-electron chi connectivity index (χ1n) is 11.0. The van der Waals surface area contributed by atoms with Gasteiger partial charge in [0.05, 0.1) is 4.88 Å². The van der Waals surface area contributed by atoms with Gasteiger partial charge in [-0.3, -0.25) is 9.59 Å². The van der Waals surface area contributed by atoms with E-state index >= 15 is 0 Å². The third kappa shape index (κ3) is 5.62. The minimum Gasteiger partial charge on any atom is -0.489 e. The van der Waals surface area contributed by atoms with Gasteiger partial charge in [0.15, 0.2) is 11.5 Å². The standard InChI is InChI=1S/C27H22N2O5S/c30-26(20-8-6-18(7-9-20)15-28-27(31)25-5-2-12-35-25)29-21-4-1-3-19(13-21)16-32-22-10-11-23-24(14-22)34-17-33-23/h1-14H,15-17H2,(H,28,31)(H,29,30). The minimum absolute atomic E-state index is 0.107. The third-order valence-electron chi connectivity index (χ3n) is 5.35. The molecule has 4 aromatic rings. The fraction of sp³-hybridized carbons (Fsp3) is 0.111. The molecule has 1 aliphatic heterocycles. The first-order chi connectivity index (χ1) is 17.1. The van der Waals surface area contributed by atoms with E-state index in [4.69, 9.17) is 14.2 Å². The Labute approximate surface area is 206 Å². The van der Waals surface area contributed by atoms with Crippen LogP contribution in [0.15, 0.2) is 84.2 Å². The summed E-state index contributed by atoms with van der Waals surface area (Å²) in [6.45, 7) is 0.953. The molecule has 0 saturated carbocycles. The molecule has 0 radical (unpaired) electrons. The van der Waals surface area contributed by atoms with Crippen molar-refractivity contribution in [1.82, 2.24) is 5.32 Å². The smallest absolute Gasteiger partial charge is 0.261 e. The van der Waals surface area contributed by atoms with E-state index in [1.54, 1.807) is 24.3 Å². The Morgan fingerprint density at radius 1 is 0.857 bits per heavy atom. The van der Waals surface area contributed by atoms with Crippen molar-refractivity contribution >= 4 is 28.8 Å². The predicted molar refractivity (Wildman–Crippen MR) is 133 cm³/mol. The van der Waals surface area contributed by atoms with Gasteiger partial charge in [0.25, 0.3) is 11.8 Å². The van der Waals surface area contributed by atoms with E-state index in [1.807, 2.05) is 60.0 Å². The van der Waals surface area contributed by atoms with Gasteiger partial charge in [0.2, 0.25) is 6.79 Å². The highest BCUT2D eigenvalue weighted by atomic mass is 32.1. The molecule has 0 saturated heterocycles. The normalized spacial score (nSPS) is 11.7. The Hall–Kier alpha value is -4.30. The number of benzene rings is 3. The van der Waals surface area contributed by atoms with Gasteiger partial charge < -0.3 is 24.8 Å². The number of carbonyl (C=O) groups excluding carboxylic acids is 2. The minimum atomic E-state index is -0.215. The van der Waals surface area contributed by atoms with Crippen molar-refractivity contribution in [1.29, 1.82) is 0 Å². The Morgan fingerprint density at radius 2 is 1.71 bits per heavy atom. The van der Waals surface area contributed by atoms with Gasteiger partial charge in [0, 0.05) is 23.9 Å². The van der Waals surface area contributed by atoms with Crippen LogP contribution in [0.25, 0.3) is 0 Å². The molecule has 0 bridgehead atoms. The molecule has 2 N–H and O–H groups in total. The van der Waals surface area contributed by atoms with Crippen LogP contribution in [0.1, 0.15) is 31.2 Å². The van der Waals surface area contributed by atoms with Gasteiger partial charge in [-0.25, -0.2) is 0 Å². The van der Waals surface area contributed by atoms with Crippen LogP contribution in [0.4, 0.5) is 5.69 Å². The summed E-state index contributed by atoms with van der Waals surface area (Å²) < 4.78 is 16.5. The van der Waals surface area contributed by atoms with Gasteiger partial charge in [-0.2, -0.15) is 0 Å². The molecule has 8 heteroatoms. The van der Waals surface area contributed by atoms with E-state index in [0.29, 0.717) is 46.5 Å². The summed E-state index contributed by atoms with van der Waals surface area (Å²) in [5.74, 6) is 1.73. The summed E-state index contributed by atoms with van der Waals surface area (Å²) >= 11 is 1.40. The number of hydrogen-bond donors (Lipinski definition) is 2. The second kappa shape index (κ2) is 10.3. The zero-order chi connectivity index (χ0) is 24.0. The number of nitrogens with one attached hydrogen (secondary N) is 2. The molecule has 0 atom stereocenters. The second-order valence-electron chi connectivity index (χ2n) is 7.82. The number of hydrogen-bond acceptors (Lipinski definition) is 6. The summed E-state index contributed by atoms with van der Waals surface area (Å²) in [4.78, 5) is 25.5. The molecule has 7 nitrogen and oxygen atoms in total. The molecule has 1 aromatic heterocycles. The Bertz CT molecular complexity index is 1340. The molecular formula is C27H22N2O5S. The molecule has 0 unspecified atom stereocenters. The molecule has 176 valence electrons. The second-order valence-corrected chi connectivity index (χ2v) is 8.76. The summed E-state index contributed by atoms with van der Waals surface area (Å²) in [6, 6.07) is 23.7. The lowest BCUT2D eigenvalue weighted by Crippen LogP contribution is -2.21. The fourth-order valence-electron chi connectivity index (χ4n) is 3.53. The van der Waals surface area contributed by atoms with Crippen LogP contribution in [-0.4, -0.2) is 18.6 Å². The van der Waals surface area contributed by atoms with Crippen molar-refractivity contribution in [2.24, 2.45) is 0 Å². The molecule has 3 aromatic carbocycles. The monoisotopic (exact) mass is 486 g/mol. The van der Waals surface area contributed by atoms with Crippen LogP contribution in [0.5, 0.6) is 17.2 Å². The summed E-state index contributed by atoms with van der Waals surface area (Å²) in [7, 11) is 0. The summed E-state index contributed by atoms with van der Waals surface area (Å²) in [5, 5.41) is 7.66. The first-order valence-corrected chi connectivity index (χ1v) is 11.9. The fourth-order valence-corrected chi connectivity index (χ4v) is 4.17. The molecule has 35 heavy (non-hydrogen) atoms. The lowest BCUT2D eigenvalue weighted by atomic mass is 10.1. The van der Waals surface area contributed by atoms with Gasteiger partial charge >= 0.3 is 0 Å². The van der Waals surface area contributed by atoms with Crippen molar-refractivity contribution in [3.05, 3.63) is 106 Å². The number of rotatable bonds is 8. The van der Waals surface area contributed by atoms with Gasteiger partial charge in [-0.1, -0.05) is 30.3 Å². The zero-order valence-electron chi connectivity index (χ0n) is 18.7. The number of thiophene rings is 1. The Morgan fingerprint density at radius 3 is 2.54 bits per heavy atom. The largest absolute Gasteiger partial charge is 0.489 e. The molecule has 2 amide bonds. The topological polar surface area (TPSA) is 85.9 Å². The number of carbonyl (C=O) groups is 2. The van der Waals surface area contributed by atoms with E-state index in [-0.39, 0.29) is 18.6 Å². The van der Waals surface area contributed by atoms with Crippen molar-refractivity contribution in [3.8, 4) is 17.2 Å². The van der Waals surface area contributed by atoms with Gasteiger partial charge in [0.1, 0.15) is 12.4 Å². The molecule has 0 fully saturated rings. The lowest BCUT2D eigenvalue weighted by Gasteiger charge is -2.10. The number of fused-ring (bicyclic) bond motifs is 1. The molecule has 0 aliphatic carbocycles. The Kier molecular flexibility index (Phi) is 6.63. The van der Waals surface area contributed by atoms with Crippen LogP contribution in [0, 0.1) is 0 Å². The van der Waals surface area contributed by atoms with Gasteiger partial charge in [-0.05, 0) is 59.0 Å². The van der Waals surface area contributed by atoms with E-state index in [1.165, 1.54) is 11.3 Å².